The fourth-order valence-electron chi connectivity index (χ4n) is 1.37. The molecule has 0 radical (unpaired) electrons. The fraction of sp³-hybridized carbons (Fsp3) is 0.462. The summed E-state index contributed by atoms with van der Waals surface area (Å²) in [5.41, 5.74) is 0.504. The first-order valence-electron chi connectivity index (χ1n) is 5.97. The van der Waals surface area contributed by atoms with Crippen molar-refractivity contribution in [3.05, 3.63) is 40.8 Å². The zero-order chi connectivity index (χ0) is 13.4. The number of pyridine rings is 1. The third kappa shape index (κ3) is 4.87. The first-order valence-corrected chi connectivity index (χ1v) is 7.46. The van der Waals surface area contributed by atoms with Crippen LogP contribution in [0.25, 0.3) is 0 Å². The quantitative estimate of drug-likeness (QED) is 0.734. The topological polar surface area (TPSA) is 59.2 Å². The van der Waals surface area contributed by atoms with Gasteiger partial charge in [0, 0.05) is 34.5 Å². The molecule has 0 aromatic carbocycles. The zero-order valence-electron chi connectivity index (χ0n) is 10.6. The highest BCUT2D eigenvalue weighted by Gasteiger charge is 2.05. The molecule has 1 atom stereocenters. The lowest BCUT2D eigenvalue weighted by Gasteiger charge is -2.05. The first-order chi connectivity index (χ1) is 8.67. The summed E-state index contributed by atoms with van der Waals surface area (Å²) >= 11 is 0. The molecule has 1 aromatic rings. The van der Waals surface area contributed by atoms with E-state index in [0.29, 0.717) is 36.0 Å². The lowest BCUT2D eigenvalue weighted by atomic mass is 10.3. The van der Waals surface area contributed by atoms with Crippen LogP contribution in [0.4, 0.5) is 0 Å². The number of H-pyrrole nitrogens is 1. The Morgan fingerprint density at radius 3 is 2.94 bits per heavy atom. The number of hydrogen-bond donors (Lipinski definition) is 1. The predicted octanol–water partition coefficient (Wildman–Crippen LogP) is 1.99. The second-order valence-corrected chi connectivity index (χ2v) is 5.48. The summed E-state index contributed by atoms with van der Waals surface area (Å²) in [5, 5.41) is 0. The molecule has 0 amide bonds. The largest absolute Gasteiger partial charge is 0.488 e. The molecular formula is C13H19NO3S. The smallest absolute Gasteiger partial charge is 0.223 e. The molecule has 5 heteroatoms. The number of ether oxygens (including phenoxy) is 1. The maximum atomic E-state index is 11.7. The minimum absolute atomic E-state index is 0.169. The molecule has 0 fully saturated rings. The highest BCUT2D eigenvalue weighted by molar-refractivity contribution is 7.84. The van der Waals surface area contributed by atoms with Gasteiger partial charge in [0.2, 0.25) is 5.43 Å². The molecule has 0 aliphatic rings. The number of hydrogen-bond acceptors (Lipinski definition) is 3. The van der Waals surface area contributed by atoms with Crippen molar-refractivity contribution in [2.24, 2.45) is 0 Å². The summed E-state index contributed by atoms with van der Waals surface area (Å²) in [4.78, 5) is 14.6. The Bertz CT molecular complexity index is 468. The molecule has 1 N–H and O–H groups in total. The van der Waals surface area contributed by atoms with Crippen molar-refractivity contribution in [3.8, 4) is 5.75 Å². The first kappa shape index (κ1) is 14.7. The van der Waals surface area contributed by atoms with Gasteiger partial charge in [-0.25, -0.2) is 0 Å². The van der Waals surface area contributed by atoms with Gasteiger partial charge in [-0.1, -0.05) is 13.0 Å². The van der Waals surface area contributed by atoms with E-state index in [-0.39, 0.29) is 5.43 Å². The van der Waals surface area contributed by atoms with E-state index in [1.165, 1.54) is 12.3 Å². The summed E-state index contributed by atoms with van der Waals surface area (Å²) in [6, 6.07) is 1.46. The third-order valence-corrected chi connectivity index (χ3v) is 3.59. The van der Waals surface area contributed by atoms with Crippen molar-refractivity contribution in [1.82, 2.24) is 4.98 Å². The van der Waals surface area contributed by atoms with Crippen LogP contribution in [0, 0.1) is 0 Å². The molecular weight excluding hydrogens is 250 g/mol. The van der Waals surface area contributed by atoms with Gasteiger partial charge in [0.05, 0.1) is 12.4 Å². The standard InChI is InChI=1S/C13H19NO3S/c1-3-5-7-18(16)10-11-8-12(15)13(9-14-11)17-6-4-2/h3,8-9H,1,4-7,10H2,2H3,(H,14,15). The monoisotopic (exact) mass is 269 g/mol. The van der Waals surface area contributed by atoms with Gasteiger partial charge in [0.15, 0.2) is 5.75 Å². The van der Waals surface area contributed by atoms with Crippen LogP contribution in [0.2, 0.25) is 0 Å². The van der Waals surface area contributed by atoms with Gasteiger partial charge in [0.25, 0.3) is 0 Å². The van der Waals surface area contributed by atoms with E-state index in [2.05, 4.69) is 11.6 Å². The second kappa shape index (κ2) is 7.87. The van der Waals surface area contributed by atoms with Crippen LogP contribution >= 0.6 is 0 Å². The number of nitrogens with one attached hydrogen (secondary N) is 1. The van der Waals surface area contributed by atoms with Crippen molar-refractivity contribution in [2.75, 3.05) is 12.4 Å². The van der Waals surface area contributed by atoms with Crippen molar-refractivity contribution < 1.29 is 8.95 Å². The van der Waals surface area contributed by atoms with Crippen molar-refractivity contribution in [1.29, 1.82) is 0 Å². The van der Waals surface area contributed by atoms with Crippen LogP contribution < -0.4 is 10.2 Å². The third-order valence-electron chi connectivity index (χ3n) is 2.26. The van der Waals surface area contributed by atoms with Crippen LogP contribution in [0.15, 0.2) is 29.7 Å². The second-order valence-electron chi connectivity index (χ2n) is 3.90. The summed E-state index contributed by atoms with van der Waals surface area (Å²) in [7, 11) is -0.973. The Labute approximate surface area is 110 Å². The molecule has 0 saturated carbocycles. The predicted molar refractivity (Wildman–Crippen MR) is 74.4 cm³/mol. The molecule has 0 bridgehead atoms. The molecule has 1 aromatic heterocycles. The molecule has 1 heterocycles. The van der Waals surface area contributed by atoms with Crippen molar-refractivity contribution in [2.45, 2.75) is 25.5 Å². The van der Waals surface area contributed by atoms with Crippen LogP contribution in [-0.2, 0) is 16.6 Å². The summed E-state index contributed by atoms with van der Waals surface area (Å²) in [5.74, 6) is 1.24. The van der Waals surface area contributed by atoms with Gasteiger partial charge in [-0.15, -0.1) is 6.58 Å². The number of aromatic nitrogens is 1. The molecule has 0 aliphatic carbocycles. The van der Waals surface area contributed by atoms with Crippen LogP contribution in [0.1, 0.15) is 25.5 Å². The Morgan fingerprint density at radius 1 is 1.56 bits per heavy atom. The zero-order valence-corrected chi connectivity index (χ0v) is 11.4. The molecule has 100 valence electrons. The fourth-order valence-corrected chi connectivity index (χ4v) is 2.46. The Balaban J connectivity index is 2.63. The van der Waals surface area contributed by atoms with Gasteiger partial charge in [0.1, 0.15) is 0 Å². The molecule has 0 spiro atoms. The maximum absolute atomic E-state index is 11.7. The molecule has 0 aliphatic heterocycles. The number of aromatic amines is 1. The molecule has 18 heavy (non-hydrogen) atoms. The van der Waals surface area contributed by atoms with E-state index >= 15 is 0 Å². The summed E-state index contributed by atoms with van der Waals surface area (Å²) < 4.78 is 16.9. The average Bonchev–Trinajstić information content (AvgIpc) is 2.35. The van der Waals surface area contributed by atoms with E-state index in [9.17, 15) is 9.00 Å². The number of allylic oxidation sites excluding steroid dienone is 1. The van der Waals surface area contributed by atoms with Gasteiger partial charge in [-0.2, -0.15) is 0 Å². The van der Waals surface area contributed by atoms with Crippen LogP contribution in [-0.4, -0.2) is 21.6 Å². The van der Waals surface area contributed by atoms with Gasteiger partial charge < -0.3 is 9.72 Å². The van der Waals surface area contributed by atoms with E-state index in [1.54, 1.807) is 6.08 Å². The Hall–Kier alpha value is -1.36. The lowest BCUT2D eigenvalue weighted by molar-refractivity contribution is 0.313. The summed E-state index contributed by atoms with van der Waals surface area (Å²) in [6.45, 7) is 6.08. The van der Waals surface area contributed by atoms with Crippen molar-refractivity contribution in [3.63, 3.8) is 0 Å². The maximum Gasteiger partial charge on any atom is 0.223 e. The summed E-state index contributed by atoms with van der Waals surface area (Å²) in [6.07, 6.45) is 4.85. The van der Waals surface area contributed by atoms with E-state index in [0.717, 1.165) is 6.42 Å². The Morgan fingerprint density at radius 2 is 2.33 bits per heavy atom. The normalized spacial score (nSPS) is 12.1. The van der Waals surface area contributed by atoms with Gasteiger partial charge >= 0.3 is 0 Å². The van der Waals surface area contributed by atoms with E-state index in [1.807, 2.05) is 6.92 Å². The van der Waals surface area contributed by atoms with Gasteiger partial charge in [-0.05, 0) is 12.8 Å². The molecule has 1 rings (SSSR count). The van der Waals surface area contributed by atoms with Crippen LogP contribution in [0.5, 0.6) is 5.75 Å². The SMILES string of the molecule is C=CCCS(=O)Cc1cc(=O)c(OCCC)c[nH]1. The number of rotatable bonds is 8. The molecule has 1 unspecified atom stereocenters. The van der Waals surface area contributed by atoms with E-state index < -0.39 is 10.8 Å². The van der Waals surface area contributed by atoms with Crippen molar-refractivity contribution >= 4 is 10.8 Å². The minimum atomic E-state index is -0.973. The van der Waals surface area contributed by atoms with Crippen LogP contribution in [0.3, 0.4) is 0 Å². The molecule has 0 saturated heterocycles. The highest BCUT2D eigenvalue weighted by Crippen LogP contribution is 2.05. The minimum Gasteiger partial charge on any atom is -0.488 e. The molecule has 4 nitrogen and oxygen atoms in total. The van der Waals surface area contributed by atoms with Gasteiger partial charge in [-0.3, -0.25) is 9.00 Å². The average molecular weight is 269 g/mol. The van der Waals surface area contributed by atoms with E-state index in [4.69, 9.17) is 4.74 Å². The highest BCUT2D eigenvalue weighted by atomic mass is 32.2. The lowest BCUT2D eigenvalue weighted by Crippen LogP contribution is -2.11. The Kier molecular flexibility index (Phi) is 6.43.